The molecule has 182 valence electrons. The van der Waals surface area contributed by atoms with Gasteiger partial charge in [0.1, 0.15) is 17.0 Å². The highest BCUT2D eigenvalue weighted by Gasteiger charge is 2.31. The average molecular weight is 487 g/mol. The van der Waals surface area contributed by atoms with Crippen LogP contribution in [-0.4, -0.2) is 63.9 Å². The summed E-state index contributed by atoms with van der Waals surface area (Å²) in [7, 11) is 1.54. The van der Waals surface area contributed by atoms with Crippen molar-refractivity contribution in [3.05, 3.63) is 47.2 Å². The lowest BCUT2D eigenvalue weighted by Crippen LogP contribution is -2.55. The van der Waals surface area contributed by atoms with Crippen molar-refractivity contribution in [2.75, 3.05) is 31.6 Å². The summed E-state index contributed by atoms with van der Waals surface area (Å²) >= 11 is 6.33. The zero-order chi connectivity index (χ0) is 24.6. The van der Waals surface area contributed by atoms with Gasteiger partial charge in [-0.15, -0.1) is 0 Å². The number of carbonyl (C=O) groups excluding carboxylic acids is 1. The number of methoxy groups -OCH3 is 1. The van der Waals surface area contributed by atoms with Crippen LogP contribution in [0.15, 0.2) is 36.7 Å². The van der Waals surface area contributed by atoms with E-state index in [-0.39, 0.29) is 18.7 Å². The second-order valence-electron chi connectivity index (χ2n) is 9.55. The fourth-order valence-corrected chi connectivity index (χ4v) is 4.44. The molecule has 0 saturated carbocycles. The molecule has 3 aromatic rings. The maximum Gasteiger partial charge on any atom is 0.410 e. The molecule has 0 radical (unpaired) electrons. The Bertz CT molecular complexity index is 1200. The van der Waals surface area contributed by atoms with Gasteiger partial charge < -0.3 is 28.8 Å². The minimum absolute atomic E-state index is 0.0173. The van der Waals surface area contributed by atoms with Crippen molar-refractivity contribution in [2.45, 2.75) is 45.9 Å². The Morgan fingerprint density at radius 1 is 1.26 bits per heavy atom. The van der Waals surface area contributed by atoms with E-state index in [0.29, 0.717) is 41.7 Å². The van der Waals surface area contributed by atoms with E-state index in [1.54, 1.807) is 24.1 Å². The van der Waals surface area contributed by atoms with E-state index in [0.717, 1.165) is 16.9 Å². The van der Waals surface area contributed by atoms with Crippen LogP contribution in [-0.2, 0) is 11.3 Å². The number of carbonyl (C=O) groups is 1. The van der Waals surface area contributed by atoms with Crippen molar-refractivity contribution in [3.8, 4) is 17.0 Å². The lowest BCUT2D eigenvalue weighted by atomic mass is 10.1. The predicted octanol–water partition coefficient (Wildman–Crippen LogP) is 4.60. The molecular formula is C25H31ClN4O4. The van der Waals surface area contributed by atoms with Crippen LogP contribution in [0.1, 0.15) is 33.3 Å². The third-order valence-electron chi connectivity index (χ3n) is 5.89. The molecule has 1 aromatic carbocycles. The summed E-state index contributed by atoms with van der Waals surface area (Å²) in [6.07, 6.45) is 3.61. The number of halogens is 1. The average Bonchev–Trinajstić information content (AvgIpc) is 3.20. The summed E-state index contributed by atoms with van der Waals surface area (Å²) in [6.45, 7) is 9.51. The molecule has 1 aliphatic rings. The topological polar surface area (TPSA) is 79.5 Å². The van der Waals surface area contributed by atoms with Crippen LogP contribution in [0.2, 0.25) is 5.02 Å². The maximum atomic E-state index is 12.5. The largest absolute Gasteiger partial charge is 0.495 e. The molecule has 0 spiro atoms. The van der Waals surface area contributed by atoms with E-state index in [2.05, 4.69) is 4.90 Å². The van der Waals surface area contributed by atoms with Crippen LogP contribution >= 0.6 is 11.6 Å². The number of imidazole rings is 1. The number of hydrogen-bond acceptors (Lipinski definition) is 6. The monoisotopic (exact) mass is 486 g/mol. The highest BCUT2D eigenvalue weighted by Crippen LogP contribution is 2.34. The molecule has 4 rings (SSSR count). The van der Waals surface area contributed by atoms with Crippen LogP contribution < -0.4 is 9.64 Å². The minimum Gasteiger partial charge on any atom is -0.495 e. The molecule has 2 aromatic heterocycles. The third-order valence-corrected chi connectivity index (χ3v) is 6.18. The number of ether oxygens (including phenoxy) is 2. The summed E-state index contributed by atoms with van der Waals surface area (Å²) in [5.41, 5.74) is 3.48. The first-order valence-corrected chi connectivity index (χ1v) is 11.7. The lowest BCUT2D eigenvalue weighted by molar-refractivity contribution is 0.0159. The summed E-state index contributed by atoms with van der Waals surface area (Å²) in [5, 5.41) is 10.3. The summed E-state index contributed by atoms with van der Waals surface area (Å²) in [4.78, 5) is 21.4. The van der Waals surface area contributed by atoms with Crippen LogP contribution in [0.4, 0.5) is 10.5 Å². The quantitative estimate of drug-likeness (QED) is 0.580. The molecule has 9 heteroatoms. The molecule has 8 nitrogen and oxygen atoms in total. The molecular weight excluding hydrogens is 456 g/mol. The van der Waals surface area contributed by atoms with Gasteiger partial charge in [-0.05, 0) is 51.5 Å². The molecule has 0 aliphatic carbocycles. The van der Waals surface area contributed by atoms with Crippen molar-refractivity contribution >= 4 is 29.0 Å². The smallest absolute Gasteiger partial charge is 0.410 e. The Morgan fingerprint density at radius 3 is 2.68 bits per heavy atom. The number of pyridine rings is 1. The standard InChI is InChI=1S/C25H31ClN4O4/c1-16-13-28(8-9-30(16)24(32)34-25(2,3)4)18-6-7-29-14-21(27-23(29)11-18)19-12-20(26)22(33-5)10-17(19)15-31/h6-7,10-12,14,16,31H,8-9,13,15H2,1-5H3. The number of aliphatic hydroxyl groups is 1. The number of anilines is 1. The number of fused-ring (bicyclic) bond motifs is 1. The second kappa shape index (κ2) is 9.35. The number of aromatic nitrogens is 2. The van der Waals surface area contributed by atoms with Gasteiger partial charge in [-0.1, -0.05) is 11.6 Å². The highest BCUT2D eigenvalue weighted by atomic mass is 35.5. The van der Waals surface area contributed by atoms with E-state index in [9.17, 15) is 9.90 Å². The van der Waals surface area contributed by atoms with Gasteiger partial charge in [-0.25, -0.2) is 9.78 Å². The van der Waals surface area contributed by atoms with Gasteiger partial charge in [0.2, 0.25) is 0 Å². The van der Waals surface area contributed by atoms with Crippen LogP contribution in [0.3, 0.4) is 0 Å². The Morgan fingerprint density at radius 2 is 2.03 bits per heavy atom. The third kappa shape index (κ3) is 4.93. The van der Waals surface area contributed by atoms with Gasteiger partial charge in [0, 0.05) is 55.4 Å². The van der Waals surface area contributed by atoms with Crippen LogP contribution in [0.25, 0.3) is 16.9 Å². The molecule has 3 heterocycles. The molecule has 0 bridgehead atoms. The van der Waals surface area contributed by atoms with Crippen molar-refractivity contribution in [1.29, 1.82) is 0 Å². The maximum absolute atomic E-state index is 12.5. The Labute approximate surface area is 204 Å². The number of aliphatic hydroxyl groups excluding tert-OH is 1. The van der Waals surface area contributed by atoms with E-state index in [4.69, 9.17) is 26.1 Å². The lowest BCUT2D eigenvalue weighted by Gasteiger charge is -2.41. The van der Waals surface area contributed by atoms with Crippen molar-refractivity contribution in [1.82, 2.24) is 14.3 Å². The number of hydrogen-bond donors (Lipinski definition) is 1. The first kappa shape index (κ1) is 24.2. The Kier molecular flexibility index (Phi) is 6.64. The highest BCUT2D eigenvalue weighted by molar-refractivity contribution is 6.32. The SMILES string of the molecule is COc1cc(CO)c(-c2cn3ccc(N4CCN(C(=O)OC(C)(C)C)C(C)C4)cc3n2)cc1Cl. The predicted molar refractivity (Wildman–Crippen MR) is 133 cm³/mol. The van der Waals surface area contributed by atoms with Gasteiger partial charge in [-0.2, -0.15) is 0 Å². The molecule has 1 unspecified atom stereocenters. The van der Waals surface area contributed by atoms with Crippen molar-refractivity contribution in [3.63, 3.8) is 0 Å². The summed E-state index contributed by atoms with van der Waals surface area (Å²) < 4.78 is 12.8. The number of benzene rings is 1. The normalized spacial score (nSPS) is 16.7. The first-order chi connectivity index (χ1) is 16.1. The van der Waals surface area contributed by atoms with Gasteiger partial charge in [0.05, 0.1) is 24.4 Å². The first-order valence-electron chi connectivity index (χ1n) is 11.3. The molecule has 1 atom stereocenters. The van der Waals surface area contributed by atoms with Gasteiger partial charge in [0.15, 0.2) is 0 Å². The number of piperazine rings is 1. The molecule has 1 fully saturated rings. The van der Waals surface area contributed by atoms with E-state index in [1.165, 1.54) is 0 Å². The second-order valence-corrected chi connectivity index (χ2v) is 9.95. The number of nitrogens with zero attached hydrogens (tertiary/aromatic N) is 4. The fourth-order valence-electron chi connectivity index (χ4n) is 4.20. The van der Waals surface area contributed by atoms with Crippen molar-refractivity contribution < 1.29 is 19.4 Å². The Balaban J connectivity index is 1.56. The number of rotatable bonds is 4. The molecule has 34 heavy (non-hydrogen) atoms. The van der Waals surface area contributed by atoms with Crippen molar-refractivity contribution in [2.24, 2.45) is 0 Å². The zero-order valence-corrected chi connectivity index (χ0v) is 21.0. The van der Waals surface area contributed by atoms with E-state index >= 15 is 0 Å². The van der Waals surface area contributed by atoms with Crippen LogP contribution in [0.5, 0.6) is 5.75 Å². The minimum atomic E-state index is -0.513. The molecule has 1 saturated heterocycles. The summed E-state index contributed by atoms with van der Waals surface area (Å²) in [5.74, 6) is 0.514. The molecule has 1 aliphatic heterocycles. The van der Waals surface area contributed by atoms with Gasteiger partial charge in [0.25, 0.3) is 0 Å². The van der Waals surface area contributed by atoms with E-state index in [1.807, 2.05) is 56.6 Å². The Hall–Kier alpha value is -2.97. The fraction of sp³-hybridized carbons (Fsp3) is 0.440. The van der Waals surface area contributed by atoms with Gasteiger partial charge in [-0.3, -0.25) is 0 Å². The van der Waals surface area contributed by atoms with Crippen LogP contribution in [0, 0.1) is 0 Å². The van der Waals surface area contributed by atoms with Gasteiger partial charge >= 0.3 is 6.09 Å². The van der Waals surface area contributed by atoms with E-state index < -0.39 is 5.60 Å². The molecule has 1 amide bonds. The molecule has 1 N–H and O–H groups in total. The summed E-state index contributed by atoms with van der Waals surface area (Å²) in [6, 6.07) is 7.60. The zero-order valence-electron chi connectivity index (χ0n) is 20.2. The number of amides is 1.